The number of benzene rings is 2. The minimum Gasteiger partial charge on any atom is -0.424 e. The van der Waals surface area contributed by atoms with Gasteiger partial charge in [-0.2, -0.15) is 5.26 Å². The van der Waals surface area contributed by atoms with Crippen molar-refractivity contribution in [2.45, 2.75) is 12.8 Å². The molecule has 8 heteroatoms. The van der Waals surface area contributed by atoms with E-state index in [0.717, 1.165) is 5.56 Å². The van der Waals surface area contributed by atoms with Crippen LogP contribution >= 0.6 is 34.8 Å². The molecule has 4 rings (SSSR count). The van der Waals surface area contributed by atoms with Gasteiger partial charge in [-0.3, -0.25) is 4.90 Å². The molecule has 0 fully saturated rings. The van der Waals surface area contributed by atoms with Crippen molar-refractivity contribution in [3.63, 3.8) is 0 Å². The van der Waals surface area contributed by atoms with Gasteiger partial charge >= 0.3 is 0 Å². The fourth-order valence-electron chi connectivity index (χ4n) is 3.30. The van der Waals surface area contributed by atoms with E-state index < -0.39 is 5.92 Å². The number of nitriles is 1. The Kier molecular flexibility index (Phi) is 4.72. The van der Waals surface area contributed by atoms with Crippen molar-refractivity contribution in [2.75, 3.05) is 4.90 Å². The number of oxazole rings is 1. The molecule has 1 aliphatic heterocycles. The normalized spacial score (nSPS) is 16.1. The van der Waals surface area contributed by atoms with Crippen LogP contribution < -0.4 is 10.6 Å². The summed E-state index contributed by atoms with van der Waals surface area (Å²) in [5.41, 5.74) is 8.75. The molecule has 0 saturated carbocycles. The van der Waals surface area contributed by atoms with Gasteiger partial charge in [0.05, 0.1) is 33.3 Å². The number of fused-ring (bicyclic) bond motifs is 1. The maximum atomic E-state index is 9.91. The van der Waals surface area contributed by atoms with Crippen molar-refractivity contribution in [3.8, 4) is 6.07 Å². The molecule has 0 amide bonds. The van der Waals surface area contributed by atoms with Gasteiger partial charge in [-0.25, -0.2) is 4.98 Å². The van der Waals surface area contributed by atoms with Gasteiger partial charge < -0.3 is 10.2 Å². The molecule has 140 valence electrons. The summed E-state index contributed by atoms with van der Waals surface area (Å²) >= 11 is 18.4. The molecule has 1 atom stereocenters. The highest BCUT2D eigenvalue weighted by Gasteiger charge is 2.38. The second-order valence-corrected chi connectivity index (χ2v) is 7.51. The van der Waals surface area contributed by atoms with Gasteiger partial charge in [0.1, 0.15) is 11.5 Å². The fourth-order valence-corrected chi connectivity index (χ4v) is 3.80. The summed E-state index contributed by atoms with van der Waals surface area (Å²) in [6, 6.07) is 14.5. The number of aromatic nitrogens is 1. The highest BCUT2D eigenvalue weighted by molar-refractivity contribution is 6.42. The van der Waals surface area contributed by atoms with E-state index in [1.165, 1.54) is 0 Å². The van der Waals surface area contributed by atoms with Gasteiger partial charge in [-0.15, -0.1) is 0 Å². The van der Waals surface area contributed by atoms with Crippen molar-refractivity contribution in [3.05, 3.63) is 86.1 Å². The summed E-state index contributed by atoms with van der Waals surface area (Å²) in [5, 5.41) is 11.3. The van der Waals surface area contributed by atoms with Crippen LogP contribution in [0.3, 0.4) is 0 Å². The molecule has 0 aliphatic carbocycles. The summed E-state index contributed by atoms with van der Waals surface area (Å²) in [5.74, 6) is 0.605. The first-order valence-electron chi connectivity index (χ1n) is 8.28. The molecule has 0 saturated heterocycles. The number of aryl methyl sites for hydroxylation is 1. The number of nitrogens with two attached hydrogens (primary N) is 1. The van der Waals surface area contributed by atoms with Gasteiger partial charge in [0.25, 0.3) is 0 Å². The predicted octanol–water partition coefficient (Wildman–Crippen LogP) is 5.92. The first-order valence-corrected chi connectivity index (χ1v) is 9.41. The third kappa shape index (κ3) is 3.00. The highest BCUT2D eigenvalue weighted by atomic mass is 35.5. The van der Waals surface area contributed by atoms with Crippen LogP contribution in [0.25, 0.3) is 0 Å². The molecule has 2 heterocycles. The Balaban J connectivity index is 1.97. The maximum Gasteiger partial charge on any atom is 0.230 e. The molecular weight excluding hydrogens is 419 g/mol. The van der Waals surface area contributed by atoms with Crippen molar-refractivity contribution >= 4 is 46.4 Å². The van der Waals surface area contributed by atoms with Gasteiger partial charge in [0.15, 0.2) is 5.89 Å². The Labute approximate surface area is 176 Å². The van der Waals surface area contributed by atoms with E-state index in [-0.39, 0.29) is 5.82 Å². The van der Waals surface area contributed by atoms with Gasteiger partial charge in [-0.05, 0) is 35.9 Å². The van der Waals surface area contributed by atoms with Crippen LogP contribution in [0.15, 0.2) is 58.3 Å². The SMILES string of the molecule is Cc1nc2c(o1)N(c1cccc(Cl)c1)C(N)=C(C#N)C2c1ccc(Cl)c(Cl)c1. The summed E-state index contributed by atoms with van der Waals surface area (Å²) in [6.45, 7) is 1.74. The molecule has 3 aromatic rings. The first-order chi connectivity index (χ1) is 13.4. The van der Waals surface area contributed by atoms with Crippen molar-refractivity contribution in [1.82, 2.24) is 4.98 Å². The molecule has 0 bridgehead atoms. The zero-order valence-electron chi connectivity index (χ0n) is 14.6. The van der Waals surface area contributed by atoms with Gasteiger partial charge in [-0.1, -0.05) is 46.9 Å². The minimum absolute atomic E-state index is 0.240. The molecular formula is C20H13Cl3N4O. The second kappa shape index (κ2) is 7.06. The summed E-state index contributed by atoms with van der Waals surface area (Å²) < 4.78 is 5.87. The average Bonchev–Trinajstić information content (AvgIpc) is 3.03. The molecule has 28 heavy (non-hydrogen) atoms. The molecule has 0 spiro atoms. The Morgan fingerprint density at radius 2 is 1.93 bits per heavy atom. The smallest absolute Gasteiger partial charge is 0.230 e. The van der Waals surface area contributed by atoms with Crippen molar-refractivity contribution in [1.29, 1.82) is 5.26 Å². The van der Waals surface area contributed by atoms with E-state index in [4.69, 9.17) is 45.0 Å². The average molecular weight is 432 g/mol. The Bertz CT molecular complexity index is 1160. The van der Waals surface area contributed by atoms with Crippen molar-refractivity contribution < 1.29 is 4.42 Å². The molecule has 0 radical (unpaired) electrons. The number of hydrogen-bond donors (Lipinski definition) is 1. The second-order valence-electron chi connectivity index (χ2n) is 6.26. The van der Waals surface area contributed by atoms with Crippen LogP contribution in [0.2, 0.25) is 15.1 Å². The van der Waals surface area contributed by atoms with E-state index in [0.29, 0.717) is 43.8 Å². The molecule has 5 nitrogen and oxygen atoms in total. The van der Waals surface area contributed by atoms with E-state index >= 15 is 0 Å². The Hall–Kier alpha value is -2.65. The number of allylic oxidation sites excluding steroid dienone is 1. The van der Waals surface area contributed by atoms with Gasteiger partial charge in [0.2, 0.25) is 5.88 Å². The molecule has 1 aromatic heterocycles. The monoisotopic (exact) mass is 430 g/mol. The topological polar surface area (TPSA) is 79.1 Å². The third-order valence-electron chi connectivity index (χ3n) is 4.49. The van der Waals surface area contributed by atoms with E-state index in [9.17, 15) is 5.26 Å². The lowest BCUT2D eigenvalue weighted by Gasteiger charge is -2.31. The summed E-state index contributed by atoms with van der Waals surface area (Å²) in [7, 11) is 0. The van der Waals surface area contributed by atoms with Crippen LogP contribution in [-0.4, -0.2) is 4.98 Å². The fraction of sp³-hybridized carbons (Fsp3) is 0.100. The molecule has 2 aromatic carbocycles. The van der Waals surface area contributed by atoms with Crippen LogP contribution in [0.5, 0.6) is 0 Å². The largest absolute Gasteiger partial charge is 0.424 e. The zero-order valence-corrected chi connectivity index (χ0v) is 16.8. The quantitative estimate of drug-likeness (QED) is 0.545. The third-order valence-corrected chi connectivity index (χ3v) is 5.46. The molecule has 1 aliphatic rings. The molecule has 1 unspecified atom stereocenters. The first kappa shape index (κ1) is 18.7. The summed E-state index contributed by atoms with van der Waals surface area (Å²) in [6.07, 6.45) is 0. The Morgan fingerprint density at radius 3 is 2.61 bits per heavy atom. The van der Waals surface area contributed by atoms with Crippen molar-refractivity contribution in [2.24, 2.45) is 5.73 Å². The highest BCUT2D eigenvalue weighted by Crippen LogP contribution is 2.47. The van der Waals surface area contributed by atoms with Crippen LogP contribution in [0.4, 0.5) is 11.6 Å². The van der Waals surface area contributed by atoms with E-state index in [1.54, 1.807) is 48.2 Å². The number of hydrogen-bond acceptors (Lipinski definition) is 5. The number of nitrogens with zero attached hydrogens (tertiary/aromatic N) is 3. The van der Waals surface area contributed by atoms with E-state index in [2.05, 4.69) is 11.1 Å². The standard InChI is InChI=1S/C20H13Cl3N4O/c1-10-26-18-17(11-5-6-15(22)16(23)7-11)14(9-24)19(25)27(20(18)28-10)13-4-2-3-12(21)8-13/h2-8,17H,25H2,1H3. The number of anilines is 2. The lowest BCUT2D eigenvalue weighted by Crippen LogP contribution is -2.31. The van der Waals surface area contributed by atoms with Gasteiger partial charge in [0, 0.05) is 11.9 Å². The lowest BCUT2D eigenvalue weighted by atomic mass is 9.86. The number of halogens is 3. The van der Waals surface area contributed by atoms with Crippen LogP contribution in [0.1, 0.15) is 23.1 Å². The molecule has 2 N–H and O–H groups in total. The maximum absolute atomic E-state index is 9.91. The van der Waals surface area contributed by atoms with Crippen LogP contribution in [0, 0.1) is 18.3 Å². The minimum atomic E-state index is -0.525. The number of rotatable bonds is 2. The van der Waals surface area contributed by atoms with Crippen LogP contribution in [-0.2, 0) is 0 Å². The van der Waals surface area contributed by atoms with E-state index in [1.807, 2.05) is 6.07 Å². The lowest BCUT2D eigenvalue weighted by molar-refractivity contribution is 0.522. The summed E-state index contributed by atoms with van der Waals surface area (Å²) in [4.78, 5) is 6.18. The zero-order chi connectivity index (χ0) is 20.0. The predicted molar refractivity (Wildman–Crippen MR) is 110 cm³/mol. The Morgan fingerprint density at radius 1 is 1.14 bits per heavy atom.